The molecule has 0 aliphatic heterocycles. The normalized spacial score (nSPS) is 9.68. The van der Waals surface area contributed by atoms with Crippen molar-refractivity contribution in [2.45, 2.75) is 26.9 Å². The molecule has 4 radical (unpaired) electrons. The number of nitro benzene ring substituents is 2. The van der Waals surface area contributed by atoms with Crippen LogP contribution in [0.1, 0.15) is 25.0 Å². The molecule has 0 aromatic heterocycles. The van der Waals surface area contributed by atoms with Crippen molar-refractivity contribution in [3.8, 4) is 0 Å². The molecule has 2 aromatic carbocycles. The maximum atomic E-state index is 10.4. The van der Waals surface area contributed by atoms with Gasteiger partial charge in [-0.15, -0.1) is 0 Å². The molecule has 0 spiro atoms. The predicted octanol–water partition coefficient (Wildman–Crippen LogP) is 3.47. The van der Waals surface area contributed by atoms with Crippen LogP contribution in [0.3, 0.4) is 0 Å². The second-order valence-electron chi connectivity index (χ2n) is 6.18. The maximum absolute atomic E-state index is 10.4. The molecule has 0 bridgehead atoms. The summed E-state index contributed by atoms with van der Waals surface area (Å²) >= 11 is 7.51. The van der Waals surface area contributed by atoms with Gasteiger partial charge in [0.25, 0.3) is 11.4 Å². The van der Waals surface area contributed by atoms with Gasteiger partial charge in [0.1, 0.15) is 6.29 Å². The number of rotatable bonds is 7. The van der Waals surface area contributed by atoms with Gasteiger partial charge in [-0.05, 0) is 46.1 Å². The molecule has 2 aromatic rings. The first-order valence-corrected chi connectivity index (χ1v) is 11.7. The molecule has 0 fully saturated rings. The van der Waals surface area contributed by atoms with Crippen LogP contribution in [0, 0.1) is 20.2 Å². The van der Waals surface area contributed by atoms with Crippen LogP contribution in [-0.2, 0) is 21.7 Å². The van der Waals surface area contributed by atoms with Crippen molar-refractivity contribution in [3.63, 3.8) is 0 Å². The summed E-state index contributed by atoms with van der Waals surface area (Å²) in [7, 11) is 0. The molecule has 0 aliphatic rings. The Morgan fingerprint density at radius 1 is 0.868 bits per heavy atom. The van der Waals surface area contributed by atoms with Crippen molar-refractivity contribution < 1.29 is 29.4 Å². The molecule has 6 N–H and O–H groups in total. The van der Waals surface area contributed by atoms with Gasteiger partial charge in [0.15, 0.2) is 0 Å². The van der Waals surface area contributed by atoms with Crippen molar-refractivity contribution in [2.75, 3.05) is 0 Å². The van der Waals surface area contributed by atoms with Gasteiger partial charge in [-0.1, -0.05) is 56.1 Å². The van der Waals surface area contributed by atoms with Gasteiger partial charge < -0.3 is 16.7 Å². The van der Waals surface area contributed by atoms with Crippen LogP contribution in [0.2, 0.25) is 0 Å². The van der Waals surface area contributed by atoms with E-state index in [1.165, 1.54) is 46.6 Å². The Labute approximate surface area is 256 Å². The molecular weight excluding hydrogens is 662 g/mol. The fraction of sp³-hybridized carbons (Fsp3) is 0.182. The topological polar surface area (TPSA) is 222 Å². The van der Waals surface area contributed by atoms with Gasteiger partial charge in [0.05, 0.1) is 16.4 Å². The Morgan fingerprint density at radius 3 is 1.50 bits per heavy atom. The second kappa shape index (κ2) is 29.3. The molecule has 2 rings (SSSR count). The third-order valence-electron chi connectivity index (χ3n) is 3.51. The SMILES string of the molecule is C/C(Br)=C\C=NCc1ccc([N+](=O)[O-])cc1.C/C(Br)=C\C=O.NCc1ccc([N+](=O)[O-])cc1.O.O.[Al].[O]=[Al]. The summed E-state index contributed by atoms with van der Waals surface area (Å²) in [5, 5.41) is 20.6. The number of benzene rings is 2. The van der Waals surface area contributed by atoms with Gasteiger partial charge in [0.2, 0.25) is 0 Å². The Hall–Kier alpha value is -2.24. The summed E-state index contributed by atoms with van der Waals surface area (Å²) in [6, 6.07) is 12.6. The standard InChI is InChI=1S/C11H11BrN2O2.C7H8N2O2.C4H5BrO.2Al.2H2O.O/c1-9(12)6-7-13-8-10-2-4-11(5-3-10)14(15)16;8-5-6-1-3-7(4-2-6)9(10)11;1-4(5)2-3-6;;;;;/h2-7H,8H2,1H3;1-4H,5,8H2;2-3H,1H3;;;2*1H2;/b9-6+,13-7?;;4-2+;;;;;. The number of nitrogens with two attached hydrogens (primary N) is 1. The van der Waals surface area contributed by atoms with Crippen LogP contribution in [0.25, 0.3) is 0 Å². The van der Waals surface area contributed by atoms with Crippen molar-refractivity contribution >= 4 is 89.3 Å². The molecule has 38 heavy (non-hydrogen) atoms. The molecule has 204 valence electrons. The van der Waals surface area contributed by atoms with Crippen LogP contribution >= 0.6 is 31.9 Å². The Balaban J connectivity index is -0.000000145. The van der Waals surface area contributed by atoms with Gasteiger partial charge in [0, 0.05) is 54.4 Å². The zero-order valence-corrected chi connectivity index (χ0v) is 26.1. The number of carbonyl (C=O) groups excluding carboxylic acids is 1. The number of nitrogens with zero attached hydrogens (tertiary/aromatic N) is 3. The van der Waals surface area contributed by atoms with Gasteiger partial charge >= 0.3 is 20.0 Å². The monoisotopic (exact) mass is 688 g/mol. The third-order valence-corrected chi connectivity index (χ3v) is 4.04. The van der Waals surface area contributed by atoms with E-state index in [0.29, 0.717) is 13.1 Å². The zero-order chi connectivity index (χ0) is 27.2. The number of allylic oxidation sites excluding steroid dienone is 4. The summed E-state index contributed by atoms with van der Waals surface area (Å²) in [5.74, 6) is 0. The molecule has 16 heteroatoms. The number of nitro groups is 2. The summed E-state index contributed by atoms with van der Waals surface area (Å²) in [5.41, 5.74) is 7.35. The number of non-ortho nitro benzene ring substituents is 2. The molecular formula is C22H28Al2Br2N4O8. The van der Waals surface area contributed by atoms with Crippen LogP contribution in [0.15, 0.2) is 74.6 Å². The van der Waals surface area contributed by atoms with Crippen molar-refractivity contribution in [3.05, 3.63) is 101 Å². The molecule has 0 heterocycles. The van der Waals surface area contributed by atoms with Gasteiger partial charge in [-0.3, -0.25) is 30.0 Å². The molecule has 0 amide bonds. The van der Waals surface area contributed by atoms with Crippen LogP contribution in [-0.4, -0.2) is 66.9 Å². The van der Waals surface area contributed by atoms with Crippen molar-refractivity contribution in [1.29, 1.82) is 0 Å². The molecule has 0 saturated carbocycles. The summed E-state index contributed by atoms with van der Waals surface area (Å²) in [4.78, 5) is 33.4. The zero-order valence-electron chi connectivity index (χ0n) is 20.6. The minimum absolute atomic E-state index is 0. The number of aldehydes is 1. The van der Waals surface area contributed by atoms with Crippen LogP contribution < -0.4 is 5.73 Å². The van der Waals surface area contributed by atoms with E-state index in [9.17, 15) is 25.0 Å². The summed E-state index contributed by atoms with van der Waals surface area (Å²) in [6.45, 7) is 4.65. The summed E-state index contributed by atoms with van der Waals surface area (Å²) < 4.78 is 10.0. The number of carbonyl (C=O) groups is 1. The van der Waals surface area contributed by atoms with Crippen molar-refractivity contribution in [1.82, 2.24) is 0 Å². The fourth-order valence-electron chi connectivity index (χ4n) is 1.88. The predicted molar refractivity (Wildman–Crippen MR) is 157 cm³/mol. The van der Waals surface area contributed by atoms with Crippen LogP contribution in [0.4, 0.5) is 11.4 Å². The molecule has 0 saturated heterocycles. The second-order valence-corrected chi connectivity index (χ2v) is 8.69. The number of hydrogen-bond donors (Lipinski definition) is 1. The van der Waals surface area contributed by atoms with Crippen LogP contribution in [0.5, 0.6) is 0 Å². The first-order valence-electron chi connectivity index (χ1n) is 9.60. The summed E-state index contributed by atoms with van der Waals surface area (Å²) in [6.07, 6.45) is 5.72. The van der Waals surface area contributed by atoms with E-state index >= 15 is 0 Å². The number of hydrogen-bond acceptors (Lipinski definition) is 8. The van der Waals surface area contributed by atoms with Gasteiger partial charge in [-0.2, -0.15) is 0 Å². The number of halogens is 2. The van der Waals surface area contributed by atoms with E-state index in [2.05, 4.69) is 36.9 Å². The van der Waals surface area contributed by atoms with E-state index in [1.807, 2.05) is 13.0 Å². The van der Waals surface area contributed by atoms with Gasteiger partial charge in [-0.25, -0.2) is 0 Å². The Kier molecular flexibility index (Phi) is 35.2. The van der Waals surface area contributed by atoms with E-state index < -0.39 is 9.85 Å². The third kappa shape index (κ3) is 25.4. The first-order chi connectivity index (χ1) is 16.6. The minimum atomic E-state index is -0.430. The molecule has 0 unspecified atom stereocenters. The first kappa shape index (κ1) is 45.7. The molecule has 12 nitrogen and oxygen atoms in total. The Bertz CT molecular complexity index is 1020. The fourth-order valence-corrected chi connectivity index (χ4v) is 2.11. The molecule has 0 atom stereocenters. The average molecular weight is 690 g/mol. The van der Waals surface area contributed by atoms with E-state index in [0.717, 1.165) is 26.4 Å². The van der Waals surface area contributed by atoms with Crippen molar-refractivity contribution in [2.24, 2.45) is 10.7 Å². The molecule has 0 aliphatic carbocycles. The quantitative estimate of drug-likeness (QED) is 0.114. The van der Waals surface area contributed by atoms with E-state index in [4.69, 9.17) is 9.54 Å². The van der Waals surface area contributed by atoms with E-state index in [1.54, 1.807) is 37.4 Å². The Morgan fingerprint density at radius 2 is 1.24 bits per heavy atom. The average Bonchev–Trinajstić information content (AvgIpc) is 2.84. The number of aliphatic imine (C=N–C) groups is 1. The van der Waals surface area contributed by atoms with E-state index in [-0.39, 0.29) is 39.7 Å².